The molecule has 0 bridgehead atoms. The minimum absolute atomic E-state index is 0.128. The fourth-order valence-corrected chi connectivity index (χ4v) is 1.82. The zero-order chi connectivity index (χ0) is 12.5. The summed E-state index contributed by atoms with van der Waals surface area (Å²) < 4.78 is 1.68. The number of nitrogens with one attached hydrogen (secondary N) is 2. The van der Waals surface area contributed by atoms with Crippen LogP contribution in [-0.2, 0) is 13.6 Å². The quantitative estimate of drug-likeness (QED) is 0.818. The molecule has 0 atom stereocenters. The summed E-state index contributed by atoms with van der Waals surface area (Å²) in [5.41, 5.74) is 1.46. The molecular weight excluding hydrogens is 230 g/mol. The van der Waals surface area contributed by atoms with E-state index in [1.807, 2.05) is 13.2 Å². The molecule has 1 saturated carbocycles. The summed E-state index contributed by atoms with van der Waals surface area (Å²) in [5.74, 6) is 0.572. The van der Waals surface area contributed by atoms with E-state index in [0.717, 1.165) is 11.3 Å². The van der Waals surface area contributed by atoms with E-state index < -0.39 is 0 Å². The van der Waals surface area contributed by atoms with Crippen LogP contribution in [-0.4, -0.2) is 25.8 Å². The van der Waals surface area contributed by atoms with E-state index in [0.29, 0.717) is 18.4 Å². The highest BCUT2D eigenvalue weighted by Gasteiger charge is 2.20. The van der Waals surface area contributed by atoms with E-state index >= 15 is 0 Å². The lowest BCUT2D eigenvalue weighted by Gasteiger charge is -2.03. The summed E-state index contributed by atoms with van der Waals surface area (Å²) in [6.45, 7) is 0.641. The molecule has 0 aromatic carbocycles. The first-order valence-electron chi connectivity index (χ1n) is 6.03. The number of aromatic nitrogens is 4. The molecule has 6 nitrogen and oxygen atoms in total. The van der Waals surface area contributed by atoms with Crippen molar-refractivity contribution in [3.8, 4) is 11.4 Å². The highest BCUT2D eigenvalue weighted by atomic mass is 16.1. The molecule has 2 heterocycles. The Morgan fingerprint density at radius 2 is 2.39 bits per heavy atom. The van der Waals surface area contributed by atoms with Crippen LogP contribution in [0.5, 0.6) is 0 Å². The molecule has 18 heavy (non-hydrogen) atoms. The first-order valence-corrected chi connectivity index (χ1v) is 6.03. The summed E-state index contributed by atoms with van der Waals surface area (Å²) >= 11 is 0. The molecule has 1 aliphatic rings. The number of nitrogens with zero attached hydrogens (tertiary/aromatic N) is 3. The van der Waals surface area contributed by atoms with Gasteiger partial charge in [0.25, 0.3) is 5.56 Å². The normalized spacial score (nSPS) is 14.9. The minimum Gasteiger partial charge on any atom is -0.308 e. The van der Waals surface area contributed by atoms with Gasteiger partial charge in [-0.2, -0.15) is 5.10 Å². The second-order valence-electron chi connectivity index (χ2n) is 4.64. The summed E-state index contributed by atoms with van der Waals surface area (Å²) in [6.07, 6.45) is 5.96. The van der Waals surface area contributed by atoms with Gasteiger partial charge in [0.2, 0.25) is 0 Å². The van der Waals surface area contributed by atoms with Gasteiger partial charge in [0.1, 0.15) is 5.82 Å². The molecule has 2 aromatic rings. The van der Waals surface area contributed by atoms with Gasteiger partial charge in [0.15, 0.2) is 0 Å². The highest BCUT2D eigenvalue weighted by Crippen LogP contribution is 2.19. The Morgan fingerprint density at radius 3 is 3.06 bits per heavy atom. The summed E-state index contributed by atoms with van der Waals surface area (Å²) in [6, 6.07) is 2.14. The maximum absolute atomic E-state index is 11.6. The van der Waals surface area contributed by atoms with E-state index in [2.05, 4.69) is 20.4 Å². The Kier molecular flexibility index (Phi) is 2.71. The molecule has 2 N–H and O–H groups in total. The van der Waals surface area contributed by atoms with Gasteiger partial charge in [-0.1, -0.05) is 0 Å². The van der Waals surface area contributed by atoms with E-state index in [-0.39, 0.29) is 5.56 Å². The predicted octanol–water partition coefficient (Wildman–Crippen LogP) is 0.422. The predicted molar refractivity (Wildman–Crippen MR) is 66.9 cm³/mol. The van der Waals surface area contributed by atoms with Gasteiger partial charge in [-0.15, -0.1) is 0 Å². The van der Waals surface area contributed by atoms with Gasteiger partial charge in [0.05, 0.1) is 17.5 Å². The minimum atomic E-state index is -0.128. The SMILES string of the molecule is Cn1cc(-c2nc(CNC3CC3)cc(=O)[nH]2)cn1. The second-order valence-corrected chi connectivity index (χ2v) is 4.64. The van der Waals surface area contributed by atoms with Crippen LogP contribution in [0.1, 0.15) is 18.5 Å². The number of hydrogen-bond donors (Lipinski definition) is 2. The molecule has 2 aromatic heterocycles. The molecule has 6 heteroatoms. The number of hydrogen-bond acceptors (Lipinski definition) is 4. The standard InChI is InChI=1S/C12H15N5O/c1-17-7-8(5-14-17)12-15-10(4-11(18)16-12)6-13-9-2-3-9/h4-5,7,9,13H,2-3,6H2,1H3,(H,15,16,18). The van der Waals surface area contributed by atoms with E-state index in [1.165, 1.54) is 18.9 Å². The lowest BCUT2D eigenvalue weighted by molar-refractivity contribution is 0.672. The first kappa shape index (κ1) is 11.2. The van der Waals surface area contributed by atoms with Gasteiger partial charge < -0.3 is 10.3 Å². The fraction of sp³-hybridized carbons (Fsp3) is 0.417. The van der Waals surface area contributed by atoms with Crippen molar-refractivity contribution >= 4 is 0 Å². The van der Waals surface area contributed by atoms with Crippen LogP contribution >= 0.6 is 0 Å². The molecule has 0 amide bonds. The van der Waals surface area contributed by atoms with Crippen molar-refractivity contribution in [1.29, 1.82) is 0 Å². The van der Waals surface area contributed by atoms with Crippen molar-refractivity contribution in [2.24, 2.45) is 7.05 Å². The van der Waals surface area contributed by atoms with E-state index in [4.69, 9.17) is 0 Å². The summed E-state index contributed by atoms with van der Waals surface area (Å²) in [7, 11) is 1.83. The zero-order valence-corrected chi connectivity index (χ0v) is 10.2. The average molecular weight is 245 g/mol. The Balaban J connectivity index is 1.87. The van der Waals surface area contributed by atoms with E-state index in [1.54, 1.807) is 10.9 Å². The first-order chi connectivity index (χ1) is 8.70. The fourth-order valence-electron chi connectivity index (χ4n) is 1.82. The Bertz CT molecular complexity index is 611. The number of aromatic amines is 1. The van der Waals surface area contributed by atoms with Gasteiger partial charge in [-0.3, -0.25) is 9.48 Å². The topological polar surface area (TPSA) is 75.6 Å². The molecule has 0 aliphatic heterocycles. The third kappa shape index (κ3) is 2.48. The third-order valence-corrected chi connectivity index (χ3v) is 2.92. The number of H-pyrrole nitrogens is 1. The Hall–Kier alpha value is -1.95. The zero-order valence-electron chi connectivity index (χ0n) is 10.2. The largest absolute Gasteiger partial charge is 0.308 e. The van der Waals surface area contributed by atoms with E-state index in [9.17, 15) is 4.79 Å². The summed E-state index contributed by atoms with van der Waals surface area (Å²) in [4.78, 5) is 18.8. The van der Waals surface area contributed by atoms with Crippen LogP contribution in [0.25, 0.3) is 11.4 Å². The molecule has 0 radical (unpaired) electrons. The van der Waals surface area contributed by atoms with Gasteiger partial charge in [0, 0.05) is 31.9 Å². The maximum Gasteiger partial charge on any atom is 0.251 e. The highest BCUT2D eigenvalue weighted by molar-refractivity contribution is 5.51. The van der Waals surface area contributed by atoms with Crippen LogP contribution in [0.4, 0.5) is 0 Å². The molecule has 0 saturated heterocycles. The van der Waals surface area contributed by atoms with Crippen LogP contribution < -0.4 is 10.9 Å². The monoisotopic (exact) mass is 245 g/mol. The Labute approximate surface area is 104 Å². The second kappa shape index (κ2) is 4.38. The van der Waals surface area contributed by atoms with Gasteiger partial charge in [-0.05, 0) is 12.8 Å². The van der Waals surface area contributed by atoms with Gasteiger partial charge >= 0.3 is 0 Å². The van der Waals surface area contributed by atoms with Crippen LogP contribution in [0.2, 0.25) is 0 Å². The summed E-state index contributed by atoms with van der Waals surface area (Å²) in [5, 5.41) is 7.42. The lowest BCUT2D eigenvalue weighted by atomic mass is 10.3. The average Bonchev–Trinajstić information content (AvgIpc) is 3.07. The number of aryl methyl sites for hydroxylation is 1. The molecular formula is C12H15N5O. The van der Waals surface area contributed by atoms with Crippen molar-refractivity contribution in [2.45, 2.75) is 25.4 Å². The lowest BCUT2D eigenvalue weighted by Crippen LogP contribution is -2.19. The maximum atomic E-state index is 11.6. The molecule has 94 valence electrons. The van der Waals surface area contributed by atoms with Crippen molar-refractivity contribution in [3.63, 3.8) is 0 Å². The molecule has 1 fully saturated rings. The third-order valence-electron chi connectivity index (χ3n) is 2.92. The molecule has 0 unspecified atom stereocenters. The number of rotatable bonds is 4. The van der Waals surface area contributed by atoms with Crippen molar-refractivity contribution in [3.05, 3.63) is 34.5 Å². The van der Waals surface area contributed by atoms with Crippen LogP contribution in [0, 0.1) is 0 Å². The smallest absolute Gasteiger partial charge is 0.251 e. The Morgan fingerprint density at radius 1 is 1.56 bits per heavy atom. The van der Waals surface area contributed by atoms with Crippen molar-refractivity contribution in [1.82, 2.24) is 25.1 Å². The van der Waals surface area contributed by atoms with Crippen molar-refractivity contribution in [2.75, 3.05) is 0 Å². The molecule has 1 aliphatic carbocycles. The van der Waals surface area contributed by atoms with Crippen molar-refractivity contribution < 1.29 is 0 Å². The molecule has 0 spiro atoms. The van der Waals surface area contributed by atoms with Gasteiger partial charge in [-0.25, -0.2) is 4.98 Å². The van der Waals surface area contributed by atoms with Crippen LogP contribution in [0.3, 0.4) is 0 Å². The molecule has 3 rings (SSSR count). The van der Waals surface area contributed by atoms with Crippen LogP contribution in [0.15, 0.2) is 23.3 Å².